The molecule has 0 saturated carbocycles. The third-order valence-corrected chi connectivity index (χ3v) is 3.18. The van der Waals surface area contributed by atoms with Gasteiger partial charge in [0, 0.05) is 19.2 Å². The summed E-state index contributed by atoms with van der Waals surface area (Å²) < 4.78 is 0. The van der Waals surface area contributed by atoms with Gasteiger partial charge in [0.05, 0.1) is 12.1 Å². The van der Waals surface area contributed by atoms with Crippen molar-refractivity contribution in [2.45, 2.75) is 25.9 Å². The van der Waals surface area contributed by atoms with Crippen molar-refractivity contribution in [1.82, 2.24) is 10.2 Å². The first-order valence-corrected chi connectivity index (χ1v) is 6.65. The predicted molar refractivity (Wildman–Crippen MR) is 77.3 cm³/mol. The van der Waals surface area contributed by atoms with E-state index in [-0.39, 0.29) is 24.9 Å². The Kier molecular flexibility index (Phi) is 5.70. The molecule has 0 aliphatic heterocycles. The zero-order valence-electron chi connectivity index (χ0n) is 12.2. The lowest BCUT2D eigenvalue weighted by molar-refractivity contribution is -0.122. The van der Waals surface area contributed by atoms with Crippen LogP contribution in [0.4, 0.5) is 0 Å². The van der Waals surface area contributed by atoms with Gasteiger partial charge in [0.25, 0.3) is 5.91 Å². The number of hydrogen-bond donors (Lipinski definition) is 2. The van der Waals surface area contributed by atoms with Crippen LogP contribution < -0.4 is 5.32 Å². The van der Waals surface area contributed by atoms with Crippen LogP contribution >= 0.6 is 0 Å². The molecule has 110 valence electrons. The standard InChI is InChI=1S/C15H22N2O3/c1-4-15(2,20)11-16-13(18)10-17(3)14(19)12-8-6-5-7-9-12/h5-9,20H,4,10-11H2,1-3H3,(H,16,18). The normalized spacial score (nSPS) is 13.4. The van der Waals surface area contributed by atoms with Crippen molar-refractivity contribution in [2.75, 3.05) is 20.1 Å². The van der Waals surface area contributed by atoms with E-state index in [1.807, 2.05) is 13.0 Å². The molecular formula is C15H22N2O3. The Labute approximate surface area is 119 Å². The lowest BCUT2D eigenvalue weighted by Gasteiger charge is -2.23. The minimum absolute atomic E-state index is 0.0342. The van der Waals surface area contributed by atoms with Crippen LogP contribution in [0.15, 0.2) is 30.3 Å². The van der Waals surface area contributed by atoms with Crippen molar-refractivity contribution >= 4 is 11.8 Å². The Balaban J connectivity index is 2.48. The average molecular weight is 278 g/mol. The van der Waals surface area contributed by atoms with Gasteiger partial charge >= 0.3 is 0 Å². The Hall–Kier alpha value is -1.88. The number of likely N-dealkylation sites (N-methyl/N-ethyl adjacent to an activating group) is 1. The van der Waals surface area contributed by atoms with Crippen molar-refractivity contribution in [1.29, 1.82) is 0 Å². The minimum Gasteiger partial charge on any atom is -0.388 e. The highest BCUT2D eigenvalue weighted by Crippen LogP contribution is 2.06. The molecule has 0 spiro atoms. The number of rotatable bonds is 6. The number of aliphatic hydroxyl groups is 1. The van der Waals surface area contributed by atoms with Crippen molar-refractivity contribution in [3.8, 4) is 0 Å². The number of benzene rings is 1. The molecule has 2 N–H and O–H groups in total. The van der Waals surface area contributed by atoms with Crippen molar-refractivity contribution in [3.63, 3.8) is 0 Å². The number of amides is 2. The minimum atomic E-state index is -0.919. The quantitative estimate of drug-likeness (QED) is 0.816. The van der Waals surface area contributed by atoms with Gasteiger partial charge in [0.2, 0.25) is 5.91 Å². The summed E-state index contributed by atoms with van der Waals surface area (Å²) in [6, 6.07) is 8.80. The molecule has 1 atom stereocenters. The van der Waals surface area contributed by atoms with Gasteiger partial charge in [-0.3, -0.25) is 9.59 Å². The summed E-state index contributed by atoms with van der Waals surface area (Å²) in [5.41, 5.74) is -0.374. The molecule has 2 amide bonds. The topological polar surface area (TPSA) is 69.6 Å². The lowest BCUT2D eigenvalue weighted by atomic mass is 10.0. The third kappa shape index (κ3) is 5.01. The lowest BCUT2D eigenvalue weighted by Crippen LogP contribution is -2.44. The highest BCUT2D eigenvalue weighted by Gasteiger charge is 2.20. The van der Waals surface area contributed by atoms with Gasteiger partial charge in [-0.2, -0.15) is 0 Å². The maximum absolute atomic E-state index is 12.0. The predicted octanol–water partition coefficient (Wildman–Crippen LogP) is 1.04. The highest BCUT2D eigenvalue weighted by molar-refractivity contribution is 5.96. The molecular weight excluding hydrogens is 256 g/mol. The first kappa shape index (κ1) is 16.2. The van der Waals surface area contributed by atoms with E-state index >= 15 is 0 Å². The molecule has 0 aromatic heterocycles. The molecule has 0 fully saturated rings. The fourth-order valence-electron chi connectivity index (χ4n) is 1.56. The summed E-state index contributed by atoms with van der Waals surface area (Å²) in [7, 11) is 1.58. The summed E-state index contributed by atoms with van der Waals surface area (Å²) in [5.74, 6) is -0.492. The maximum atomic E-state index is 12.0. The molecule has 0 aliphatic rings. The van der Waals surface area contributed by atoms with Gasteiger partial charge < -0.3 is 15.3 Å². The number of carbonyl (C=O) groups is 2. The van der Waals surface area contributed by atoms with Crippen LogP contribution in [0.2, 0.25) is 0 Å². The second-order valence-corrected chi connectivity index (χ2v) is 5.15. The van der Waals surface area contributed by atoms with Gasteiger partial charge in [0.15, 0.2) is 0 Å². The van der Waals surface area contributed by atoms with E-state index in [2.05, 4.69) is 5.32 Å². The van der Waals surface area contributed by atoms with E-state index in [9.17, 15) is 14.7 Å². The van der Waals surface area contributed by atoms with E-state index < -0.39 is 5.60 Å². The Morgan fingerprint density at radius 3 is 2.45 bits per heavy atom. The Bertz CT molecular complexity index is 457. The first-order chi connectivity index (χ1) is 9.35. The smallest absolute Gasteiger partial charge is 0.254 e. The van der Waals surface area contributed by atoms with Gasteiger partial charge in [-0.1, -0.05) is 25.1 Å². The van der Waals surface area contributed by atoms with Crippen LogP contribution in [0.1, 0.15) is 30.6 Å². The molecule has 0 bridgehead atoms. The molecule has 0 heterocycles. The maximum Gasteiger partial charge on any atom is 0.254 e. The van der Waals surface area contributed by atoms with Gasteiger partial charge in [0.1, 0.15) is 0 Å². The van der Waals surface area contributed by atoms with Crippen LogP contribution in [-0.4, -0.2) is 47.6 Å². The molecule has 1 rings (SSSR count). The van der Waals surface area contributed by atoms with Crippen LogP contribution in [0, 0.1) is 0 Å². The van der Waals surface area contributed by atoms with Crippen LogP contribution in [0.25, 0.3) is 0 Å². The molecule has 0 aliphatic carbocycles. The second kappa shape index (κ2) is 7.05. The van der Waals surface area contributed by atoms with E-state index in [0.29, 0.717) is 12.0 Å². The fraction of sp³-hybridized carbons (Fsp3) is 0.467. The van der Waals surface area contributed by atoms with Crippen LogP contribution in [-0.2, 0) is 4.79 Å². The molecule has 0 saturated heterocycles. The summed E-state index contributed by atoms with van der Waals surface area (Å²) in [6.07, 6.45) is 0.548. The van der Waals surface area contributed by atoms with E-state index in [4.69, 9.17) is 0 Å². The van der Waals surface area contributed by atoms with E-state index in [0.717, 1.165) is 0 Å². The van der Waals surface area contributed by atoms with Crippen molar-refractivity contribution < 1.29 is 14.7 Å². The van der Waals surface area contributed by atoms with Gasteiger partial charge in [-0.15, -0.1) is 0 Å². The second-order valence-electron chi connectivity index (χ2n) is 5.15. The summed E-state index contributed by atoms with van der Waals surface area (Å²) in [6.45, 7) is 3.65. The van der Waals surface area contributed by atoms with Crippen LogP contribution in [0.3, 0.4) is 0 Å². The van der Waals surface area contributed by atoms with Crippen molar-refractivity contribution in [2.24, 2.45) is 0 Å². The molecule has 0 radical (unpaired) electrons. The first-order valence-electron chi connectivity index (χ1n) is 6.65. The molecule has 1 unspecified atom stereocenters. The Morgan fingerprint density at radius 2 is 1.90 bits per heavy atom. The highest BCUT2D eigenvalue weighted by atomic mass is 16.3. The molecule has 5 nitrogen and oxygen atoms in total. The number of carbonyl (C=O) groups excluding carboxylic acids is 2. The average Bonchev–Trinajstić information content (AvgIpc) is 2.45. The van der Waals surface area contributed by atoms with Crippen LogP contribution in [0.5, 0.6) is 0 Å². The number of nitrogens with zero attached hydrogens (tertiary/aromatic N) is 1. The monoisotopic (exact) mass is 278 g/mol. The fourth-order valence-corrected chi connectivity index (χ4v) is 1.56. The number of hydrogen-bond acceptors (Lipinski definition) is 3. The van der Waals surface area contributed by atoms with Gasteiger partial charge in [-0.05, 0) is 25.5 Å². The zero-order valence-corrected chi connectivity index (χ0v) is 12.2. The molecule has 20 heavy (non-hydrogen) atoms. The summed E-state index contributed by atoms with van der Waals surface area (Å²) in [4.78, 5) is 25.1. The molecule has 1 aromatic carbocycles. The van der Waals surface area contributed by atoms with E-state index in [1.54, 1.807) is 38.2 Å². The Morgan fingerprint density at radius 1 is 1.30 bits per heavy atom. The SMILES string of the molecule is CCC(C)(O)CNC(=O)CN(C)C(=O)c1ccccc1. The summed E-state index contributed by atoms with van der Waals surface area (Å²) in [5, 5.41) is 12.4. The third-order valence-electron chi connectivity index (χ3n) is 3.18. The van der Waals surface area contributed by atoms with Gasteiger partial charge in [-0.25, -0.2) is 0 Å². The zero-order chi connectivity index (χ0) is 15.2. The summed E-state index contributed by atoms with van der Waals surface area (Å²) >= 11 is 0. The largest absolute Gasteiger partial charge is 0.388 e. The van der Waals surface area contributed by atoms with E-state index in [1.165, 1.54) is 4.90 Å². The molecule has 5 heteroatoms. The van der Waals surface area contributed by atoms with Crippen molar-refractivity contribution in [3.05, 3.63) is 35.9 Å². The number of nitrogens with one attached hydrogen (secondary N) is 1. The molecule has 1 aromatic rings.